The monoisotopic (exact) mass is 564 g/mol. The Kier molecular flexibility index (Phi) is 10.0. The molecule has 1 amide bonds. The molecule has 0 bridgehead atoms. The normalized spacial score (nSPS) is 12.9. The molecule has 3 aromatic rings. The van der Waals surface area contributed by atoms with Crippen LogP contribution >= 0.6 is 0 Å². The van der Waals surface area contributed by atoms with Gasteiger partial charge in [-0.3, -0.25) is 0 Å². The highest BCUT2D eigenvalue weighted by Crippen LogP contribution is 2.44. The lowest BCUT2D eigenvalue weighted by Crippen LogP contribution is -2.51. The third-order valence-electron chi connectivity index (χ3n) is 7.21. The van der Waals surface area contributed by atoms with Gasteiger partial charge < -0.3 is 9.84 Å². The van der Waals surface area contributed by atoms with Gasteiger partial charge in [-0.15, -0.1) is 4.41 Å². The third kappa shape index (κ3) is 6.74. The molecule has 8 heteroatoms. The molecule has 0 aromatic heterocycles. The minimum atomic E-state index is -4.02. The predicted octanol–water partition coefficient (Wildman–Crippen LogP) is 6.36. The summed E-state index contributed by atoms with van der Waals surface area (Å²) in [4.78, 5) is 13.9. The molecule has 0 fully saturated rings. The van der Waals surface area contributed by atoms with E-state index in [-0.39, 0.29) is 43.0 Å². The molecule has 0 saturated carbocycles. The Morgan fingerprint density at radius 1 is 0.875 bits per heavy atom. The van der Waals surface area contributed by atoms with E-state index in [2.05, 4.69) is 24.3 Å². The fraction of sp³-hybridized carbons (Fsp3) is 0.406. The van der Waals surface area contributed by atoms with Gasteiger partial charge in [0.1, 0.15) is 6.61 Å². The minimum Gasteiger partial charge on any atom is -0.447 e. The first-order valence-corrected chi connectivity index (χ1v) is 15.5. The Balaban J connectivity index is 1.61. The number of nitrogens with zero attached hydrogens (tertiary/aromatic N) is 2. The van der Waals surface area contributed by atoms with Crippen LogP contribution in [0.5, 0.6) is 0 Å². The molecule has 0 saturated heterocycles. The Bertz CT molecular complexity index is 1340. The second-order valence-corrected chi connectivity index (χ2v) is 12.6. The number of carbonyl (C=O) groups is 1. The molecule has 0 radical (unpaired) electrons. The van der Waals surface area contributed by atoms with Crippen molar-refractivity contribution in [1.82, 2.24) is 9.42 Å². The molecule has 4 rings (SSSR count). The standard InChI is InChI=1S/C32H40N2O5S/c1-24(2)22-34(40(37,38)26-18-16-25(3)17-19-26)33(20-10-4-5-11-21-35)32(36)39-23-31-29-14-8-6-12-27(29)28-13-7-9-15-30(28)31/h6-9,12-19,24,31,35H,4-5,10-11,20-23H2,1-3H3. The number of hydrogen-bond acceptors (Lipinski definition) is 5. The van der Waals surface area contributed by atoms with E-state index < -0.39 is 16.1 Å². The Morgan fingerprint density at radius 2 is 1.45 bits per heavy atom. The van der Waals surface area contributed by atoms with Crippen molar-refractivity contribution in [2.75, 3.05) is 26.3 Å². The number of aryl methyl sites for hydroxylation is 1. The van der Waals surface area contributed by atoms with Crippen LogP contribution in [0.1, 0.15) is 62.1 Å². The predicted molar refractivity (Wildman–Crippen MR) is 157 cm³/mol. The van der Waals surface area contributed by atoms with Gasteiger partial charge in [-0.2, -0.15) is 0 Å². The first-order valence-electron chi connectivity index (χ1n) is 14.1. The number of aliphatic hydroxyl groups excluding tert-OH is 1. The van der Waals surface area contributed by atoms with Crippen LogP contribution in [0, 0.1) is 12.8 Å². The summed E-state index contributed by atoms with van der Waals surface area (Å²) < 4.78 is 34.9. The lowest BCUT2D eigenvalue weighted by Gasteiger charge is -2.34. The highest BCUT2D eigenvalue weighted by molar-refractivity contribution is 7.89. The van der Waals surface area contributed by atoms with Crippen LogP contribution in [0.4, 0.5) is 4.79 Å². The van der Waals surface area contributed by atoms with Crippen LogP contribution in [0.25, 0.3) is 11.1 Å². The molecule has 3 aromatic carbocycles. The highest BCUT2D eigenvalue weighted by atomic mass is 32.2. The average Bonchev–Trinajstić information content (AvgIpc) is 3.26. The zero-order chi connectivity index (χ0) is 28.7. The number of hydrazine groups is 1. The van der Waals surface area contributed by atoms with Crippen LogP contribution in [0.3, 0.4) is 0 Å². The largest absolute Gasteiger partial charge is 0.447 e. The smallest absolute Gasteiger partial charge is 0.425 e. The van der Waals surface area contributed by atoms with E-state index in [1.165, 1.54) is 9.42 Å². The van der Waals surface area contributed by atoms with Crippen LogP contribution in [0.2, 0.25) is 0 Å². The van der Waals surface area contributed by atoms with Crippen LogP contribution in [0.15, 0.2) is 77.7 Å². The number of aliphatic hydroxyl groups is 1. The molecule has 1 N–H and O–H groups in total. The summed E-state index contributed by atoms with van der Waals surface area (Å²) in [5, 5.41) is 10.4. The van der Waals surface area contributed by atoms with Crippen molar-refractivity contribution < 1.29 is 23.1 Å². The molecule has 40 heavy (non-hydrogen) atoms. The zero-order valence-corrected chi connectivity index (χ0v) is 24.4. The second kappa shape index (κ2) is 13.4. The molecular formula is C32H40N2O5S. The summed E-state index contributed by atoms with van der Waals surface area (Å²) in [5.41, 5.74) is 5.40. The molecule has 214 valence electrons. The van der Waals surface area contributed by atoms with Gasteiger partial charge in [0.25, 0.3) is 10.0 Å². The molecule has 1 aliphatic carbocycles. The van der Waals surface area contributed by atoms with Crippen molar-refractivity contribution in [2.45, 2.75) is 57.3 Å². The number of rotatable bonds is 13. The molecule has 0 unspecified atom stereocenters. The van der Waals surface area contributed by atoms with E-state index in [4.69, 9.17) is 9.84 Å². The number of sulfonamides is 1. The van der Waals surface area contributed by atoms with Gasteiger partial charge in [-0.05, 0) is 60.1 Å². The van der Waals surface area contributed by atoms with Crippen molar-refractivity contribution in [1.29, 1.82) is 0 Å². The number of fused-ring (bicyclic) bond motifs is 3. The third-order valence-corrected chi connectivity index (χ3v) is 8.98. The second-order valence-electron chi connectivity index (χ2n) is 10.8. The molecule has 0 atom stereocenters. The lowest BCUT2D eigenvalue weighted by atomic mass is 9.98. The van der Waals surface area contributed by atoms with Crippen molar-refractivity contribution in [3.63, 3.8) is 0 Å². The van der Waals surface area contributed by atoms with Gasteiger partial charge in [-0.25, -0.2) is 18.2 Å². The summed E-state index contributed by atoms with van der Waals surface area (Å²) in [6, 6.07) is 22.9. The Labute approximate surface area is 238 Å². The van der Waals surface area contributed by atoms with Crippen LogP contribution in [-0.4, -0.2) is 55.3 Å². The maximum absolute atomic E-state index is 13.9. The molecule has 0 heterocycles. The van der Waals surface area contributed by atoms with Gasteiger partial charge in [-0.1, -0.05) is 92.9 Å². The van der Waals surface area contributed by atoms with Gasteiger partial charge in [0.15, 0.2) is 0 Å². The summed E-state index contributed by atoms with van der Waals surface area (Å²) >= 11 is 0. The number of unbranched alkanes of at least 4 members (excludes halogenated alkanes) is 3. The van der Waals surface area contributed by atoms with Crippen LogP contribution < -0.4 is 0 Å². The fourth-order valence-electron chi connectivity index (χ4n) is 5.16. The molecule has 0 spiro atoms. The summed E-state index contributed by atoms with van der Waals surface area (Å²) in [6.45, 7) is 6.30. The summed E-state index contributed by atoms with van der Waals surface area (Å²) in [7, 11) is -4.02. The number of hydrogen-bond donors (Lipinski definition) is 1. The maximum Gasteiger partial charge on any atom is 0.425 e. The number of amides is 1. The van der Waals surface area contributed by atoms with E-state index in [9.17, 15) is 13.2 Å². The topological polar surface area (TPSA) is 87.2 Å². The van der Waals surface area contributed by atoms with E-state index in [1.54, 1.807) is 24.3 Å². The maximum atomic E-state index is 13.9. The Hall–Kier alpha value is -3.20. The lowest BCUT2D eigenvalue weighted by molar-refractivity contribution is 0.0239. The van der Waals surface area contributed by atoms with Crippen molar-refractivity contribution in [2.24, 2.45) is 5.92 Å². The van der Waals surface area contributed by atoms with Gasteiger partial charge in [0.05, 0.1) is 4.90 Å². The van der Waals surface area contributed by atoms with Crippen molar-refractivity contribution in [3.05, 3.63) is 89.5 Å². The zero-order valence-electron chi connectivity index (χ0n) is 23.6. The average molecular weight is 565 g/mol. The molecule has 7 nitrogen and oxygen atoms in total. The number of carbonyl (C=O) groups excluding carboxylic acids is 1. The fourth-order valence-corrected chi connectivity index (χ4v) is 6.79. The number of ether oxygens (including phenoxy) is 1. The van der Waals surface area contributed by atoms with E-state index in [1.807, 2.05) is 45.0 Å². The van der Waals surface area contributed by atoms with Crippen molar-refractivity contribution >= 4 is 16.1 Å². The van der Waals surface area contributed by atoms with Crippen molar-refractivity contribution in [3.8, 4) is 11.1 Å². The van der Waals surface area contributed by atoms with E-state index >= 15 is 0 Å². The van der Waals surface area contributed by atoms with Gasteiger partial charge >= 0.3 is 6.09 Å². The van der Waals surface area contributed by atoms with Gasteiger partial charge in [0, 0.05) is 25.6 Å². The highest BCUT2D eigenvalue weighted by Gasteiger charge is 2.36. The first kappa shape index (κ1) is 29.8. The Morgan fingerprint density at radius 3 is 2.02 bits per heavy atom. The summed E-state index contributed by atoms with van der Waals surface area (Å²) in [5.74, 6) is -0.159. The van der Waals surface area contributed by atoms with E-state index in [0.717, 1.165) is 40.7 Å². The molecular weight excluding hydrogens is 524 g/mol. The van der Waals surface area contributed by atoms with E-state index in [0.29, 0.717) is 12.8 Å². The minimum absolute atomic E-state index is 0.0292. The van der Waals surface area contributed by atoms with Crippen LogP contribution in [-0.2, 0) is 14.8 Å². The van der Waals surface area contributed by atoms with Gasteiger partial charge in [0.2, 0.25) is 0 Å². The quantitative estimate of drug-likeness (QED) is 0.193. The number of benzene rings is 3. The SMILES string of the molecule is Cc1ccc(S(=O)(=O)N(CC(C)C)N(CCCCCCO)C(=O)OCC2c3ccccc3-c3ccccc32)cc1. The molecule has 0 aliphatic heterocycles. The first-order chi connectivity index (χ1) is 19.2. The summed E-state index contributed by atoms with van der Waals surface area (Å²) in [6.07, 6.45) is 2.13. The molecule has 1 aliphatic rings.